The Hall–Kier alpha value is -1.73. The number of nitrogens with zero attached hydrogens (tertiary/aromatic N) is 2. The van der Waals surface area contributed by atoms with Crippen molar-refractivity contribution < 1.29 is 4.79 Å². The van der Waals surface area contributed by atoms with E-state index in [4.69, 9.17) is 5.26 Å². The van der Waals surface area contributed by atoms with E-state index in [-0.39, 0.29) is 5.24 Å². The van der Waals surface area contributed by atoms with Crippen LogP contribution in [-0.2, 0) is 0 Å². The van der Waals surface area contributed by atoms with Crippen LogP contribution in [0.25, 0.3) is 6.08 Å². The van der Waals surface area contributed by atoms with E-state index >= 15 is 0 Å². The van der Waals surface area contributed by atoms with Crippen molar-refractivity contribution in [1.82, 2.24) is 0 Å². The van der Waals surface area contributed by atoms with E-state index < -0.39 is 6.04 Å². The standard InChI is InChI=1S/C14H14N2OS/c1-3-18-14(17)16-12(9-15)6-5-11-8-10(2)4-7-13(11)16/h4-8,12H,3H2,1-2H3. The fourth-order valence-corrected chi connectivity index (χ4v) is 2.56. The highest BCUT2D eigenvalue weighted by molar-refractivity contribution is 8.13. The lowest BCUT2D eigenvalue weighted by Crippen LogP contribution is -2.38. The molecule has 18 heavy (non-hydrogen) atoms. The Balaban J connectivity index is 2.46. The number of carbonyl (C=O) groups excluding carboxylic acids is 1. The Morgan fingerprint density at radius 2 is 2.33 bits per heavy atom. The van der Waals surface area contributed by atoms with Gasteiger partial charge in [-0.25, -0.2) is 0 Å². The molecule has 3 nitrogen and oxygen atoms in total. The van der Waals surface area contributed by atoms with Gasteiger partial charge in [0.15, 0.2) is 0 Å². The minimum atomic E-state index is -0.508. The highest BCUT2D eigenvalue weighted by atomic mass is 32.2. The molecule has 1 aliphatic heterocycles. The van der Waals surface area contributed by atoms with Crippen molar-refractivity contribution in [3.8, 4) is 6.07 Å². The molecule has 0 N–H and O–H groups in total. The predicted molar refractivity (Wildman–Crippen MR) is 75.6 cm³/mol. The SMILES string of the molecule is CCSC(=O)N1c2ccc(C)cc2C=CC1C#N. The zero-order valence-corrected chi connectivity index (χ0v) is 11.2. The number of thioether (sulfide) groups is 1. The lowest BCUT2D eigenvalue weighted by Gasteiger charge is -2.29. The van der Waals surface area contributed by atoms with Crippen LogP contribution in [0, 0.1) is 18.3 Å². The molecule has 1 amide bonds. The Morgan fingerprint density at radius 1 is 1.56 bits per heavy atom. The van der Waals surface area contributed by atoms with Crippen LogP contribution in [0.15, 0.2) is 24.3 Å². The minimum absolute atomic E-state index is 0.0708. The molecule has 1 aromatic carbocycles. The van der Waals surface area contributed by atoms with E-state index in [2.05, 4.69) is 6.07 Å². The average Bonchev–Trinajstić information content (AvgIpc) is 2.37. The molecule has 0 fully saturated rings. The third-order valence-electron chi connectivity index (χ3n) is 2.78. The lowest BCUT2D eigenvalue weighted by molar-refractivity contribution is 0.265. The Morgan fingerprint density at radius 3 is 3.00 bits per heavy atom. The second-order valence-corrected chi connectivity index (χ2v) is 5.28. The molecule has 0 aliphatic carbocycles. The second kappa shape index (κ2) is 5.28. The number of amides is 1. The van der Waals surface area contributed by atoms with Gasteiger partial charge < -0.3 is 0 Å². The van der Waals surface area contributed by atoms with Crippen LogP contribution in [0.1, 0.15) is 18.1 Å². The maximum atomic E-state index is 12.1. The summed E-state index contributed by atoms with van der Waals surface area (Å²) >= 11 is 1.23. The number of hydrogen-bond donors (Lipinski definition) is 0. The molecule has 0 bridgehead atoms. The van der Waals surface area contributed by atoms with Crippen LogP contribution >= 0.6 is 11.8 Å². The Bertz CT molecular complexity index is 545. The average molecular weight is 258 g/mol. The number of rotatable bonds is 1. The molecular formula is C14H14N2OS. The maximum Gasteiger partial charge on any atom is 0.287 e. The Kier molecular flexibility index (Phi) is 3.73. The zero-order valence-electron chi connectivity index (χ0n) is 10.4. The van der Waals surface area contributed by atoms with E-state index in [0.29, 0.717) is 5.75 Å². The normalized spacial score (nSPS) is 17.2. The van der Waals surface area contributed by atoms with Gasteiger partial charge in [0.25, 0.3) is 5.24 Å². The van der Waals surface area contributed by atoms with Crippen LogP contribution in [0.3, 0.4) is 0 Å². The lowest BCUT2D eigenvalue weighted by atomic mass is 10.0. The summed E-state index contributed by atoms with van der Waals surface area (Å²) in [6.07, 6.45) is 3.69. The van der Waals surface area contributed by atoms with Crippen LogP contribution in [-0.4, -0.2) is 17.0 Å². The first-order valence-electron chi connectivity index (χ1n) is 5.82. The summed E-state index contributed by atoms with van der Waals surface area (Å²) in [5.74, 6) is 0.707. The summed E-state index contributed by atoms with van der Waals surface area (Å²) in [5, 5.41) is 9.08. The monoisotopic (exact) mass is 258 g/mol. The molecule has 0 radical (unpaired) electrons. The van der Waals surface area contributed by atoms with Crippen molar-refractivity contribution in [2.75, 3.05) is 10.7 Å². The molecule has 0 saturated carbocycles. The third kappa shape index (κ3) is 2.27. The molecule has 1 atom stereocenters. The highest BCUT2D eigenvalue weighted by Crippen LogP contribution is 2.32. The van der Waals surface area contributed by atoms with Crippen molar-refractivity contribution in [3.63, 3.8) is 0 Å². The van der Waals surface area contributed by atoms with Gasteiger partial charge in [0.2, 0.25) is 0 Å². The molecule has 2 rings (SSSR count). The van der Waals surface area contributed by atoms with Gasteiger partial charge >= 0.3 is 0 Å². The number of aryl methyl sites for hydroxylation is 1. The first-order chi connectivity index (χ1) is 8.67. The number of anilines is 1. The topological polar surface area (TPSA) is 44.1 Å². The quantitative estimate of drug-likeness (QED) is 0.773. The number of nitriles is 1. The number of carbonyl (C=O) groups is 1. The molecule has 1 aromatic rings. The van der Waals surface area contributed by atoms with Gasteiger partial charge in [-0.15, -0.1) is 0 Å². The van der Waals surface area contributed by atoms with Crippen molar-refractivity contribution in [2.24, 2.45) is 0 Å². The summed E-state index contributed by atoms with van der Waals surface area (Å²) in [6.45, 7) is 3.94. The second-order valence-electron chi connectivity index (χ2n) is 4.06. The smallest absolute Gasteiger partial charge is 0.283 e. The summed E-state index contributed by atoms with van der Waals surface area (Å²) in [6, 6.07) is 7.54. The van der Waals surface area contributed by atoms with Gasteiger partial charge in [0.1, 0.15) is 6.04 Å². The van der Waals surface area contributed by atoms with Gasteiger partial charge in [-0.2, -0.15) is 5.26 Å². The largest absolute Gasteiger partial charge is 0.287 e. The van der Waals surface area contributed by atoms with Crippen LogP contribution in [0.4, 0.5) is 10.5 Å². The summed E-state index contributed by atoms with van der Waals surface area (Å²) in [4.78, 5) is 13.7. The summed E-state index contributed by atoms with van der Waals surface area (Å²) < 4.78 is 0. The van der Waals surface area contributed by atoms with Gasteiger partial charge in [0.05, 0.1) is 11.8 Å². The van der Waals surface area contributed by atoms with Crippen molar-refractivity contribution in [1.29, 1.82) is 5.26 Å². The van der Waals surface area contributed by atoms with Gasteiger partial charge in [-0.05, 0) is 36.4 Å². The number of fused-ring (bicyclic) bond motifs is 1. The molecule has 92 valence electrons. The third-order valence-corrected chi connectivity index (χ3v) is 3.51. The van der Waals surface area contributed by atoms with E-state index in [1.165, 1.54) is 11.8 Å². The van der Waals surface area contributed by atoms with Crippen molar-refractivity contribution in [3.05, 3.63) is 35.4 Å². The van der Waals surface area contributed by atoms with E-state index in [9.17, 15) is 4.79 Å². The van der Waals surface area contributed by atoms with Crippen LogP contribution in [0.2, 0.25) is 0 Å². The van der Waals surface area contributed by atoms with Gasteiger partial charge in [-0.1, -0.05) is 36.4 Å². The number of benzene rings is 1. The fourth-order valence-electron chi connectivity index (χ4n) is 1.96. The molecule has 1 heterocycles. The van der Waals surface area contributed by atoms with Gasteiger partial charge in [0, 0.05) is 0 Å². The first-order valence-corrected chi connectivity index (χ1v) is 6.80. The fraction of sp³-hybridized carbons (Fsp3) is 0.286. The predicted octanol–water partition coefficient (Wildman–Crippen LogP) is 3.59. The van der Waals surface area contributed by atoms with Crippen molar-refractivity contribution >= 4 is 28.8 Å². The molecule has 1 unspecified atom stereocenters. The van der Waals surface area contributed by atoms with E-state index in [1.54, 1.807) is 11.0 Å². The molecule has 1 aliphatic rings. The molecular weight excluding hydrogens is 244 g/mol. The maximum absolute atomic E-state index is 12.1. The van der Waals surface area contributed by atoms with Gasteiger partial charge in [-0.3, -0.25) is 9.69 Å². The van der Waals surface area contributed by atoms with E-state index in [1.807, 2.05) is 38.1 Å². The molecule has 0 saturated heterocycles. The summed E-state index contributed by atoms with van der Waals surface area (Å²) in [7, 11) is 0. The van der Waals surface area contributed by atoms with Crippen molar-refractivity contribution in [2.45, 2.75) is 19.9 Å². The minimum Gasteiger partial charge on any atom is -0.283 e. The summed E-state index contributed by atoms with van der Waals surface area (Å²) in [5.41, 5.74) is 2.96. The molecule has 4 heteroatoms. The number of hydrogen-bond acceptors (Lipinski definition) is 3. The Labute approximate surface area is 111 Å². The zero-order chi connectivity index (χ0) is 13.1. The van der Waals surface area contributed by atoms with Crippen LogP contribution in [0.5, 0.6) is 0 Å². The molecule has 0 spiro atoms. The van der Waals surface area contributed by atoms with Crippen LogP contribution < -0.4 is 4.90 Å². The van der Waals surface area contributed by atoms with E-state index in [0.717, 1.165) is 16.8 Å². The highest BCUT2D eigenvalue weighted by Gasteiger charge is 2.27. The molecule has 0 aromatic heterocycles. The first kappa shape index (κ1) is 12.7.